The van der Waals surface area contributed by atoms with Crippen LogP contribution in [0.2, 0.25) is 0 Å². The Kier molecular flexibility index (Phi) is 4.77. The topological polar surface area (TPSA) is 24.9 Å². The van der Waals surface area contributed by atoms with Gasteiger partial charge in [0.2, 0.25) is 0 Å². The van der Waals surface area contributed by atoms with Gasteiger partial charge in [0.1, 0.15) is 0 Å². The maximum Gasteiger partial charge on any atom is 0.0705 e. The van der Waals surface area contributed by atoms with Crippen molar-refractivity contribution in [1.82, 2.24) is 10.3 Å². The molecular weight excluding hydrogens is 244 g/mol. The van der Waals surface area contributed by atoms with Gasteiger partial charge in [0.15, 0.2) is 0 Å². The Labute approximate surface area is 122 Å². The van der Waals surface area contributed by atoms with Crippen molar-refractivity contribution in [2.75, 3.05) is 6.54 Å². The monoisotopic (exact) mass is 270 g/mol. The minimum absolute atomic E-state index is 0.548. The minimum Gasteiger partial charge on any atom is -0.314 e. The summed E-state index contributed by atoms with van der Waals surface area (Å²) in [6, 6.07) is 11.5. The van der Waals surface area contributed by atoms with Gasteiger partial charge in [-0.3, -0.25) is 4.98 Å². The summed E-state index contributed by atoms with van der Waals surface area (Å²) in [5.74, 6) is 1.17. The van der Waals surface area contributed by atoms with Gasteiger partial charge in [0.05, 0.1) is 5.52 Å². The molecular formula is C18H26N2. The van der Waals surface area contributed by atoms with Crippen LogP contribution in [0.4, 0.5) is 0 Å². The van der Waals surface area contributed by atoms with Crippen molar-refractivity contribution in [1.29, 1.82) is 0 Å². The first-order chi connectivity index (χ1) is 9.47. The Morgan fingerprint density at radius 3 is 2.50 bits per heavy atom. The maximum atomic E-state index is 4.57. The summed E-state index contributed by atoms with van der Waals surface area (Å²) in [5, 5.41) is 4.77. The summed E-state index contributed by atoms with van der Waals surface area (Å²) >= 11 is 0. The van der Waals surface area contributed by atoms with Crippen LogP contribution in [-0.4, -0.2) is 17.6 Å². The lowest BCUT2D eigenvalue weighted by Gasteiger charge is -2.22. The quantitative estimate of drug-likeness (QED) is 0.877. The first-order valence-corrected chi connectivity index (χ1v) is 7.58. The second-order valence-electron chi connectivity index (χ2n) is 6.23. The van der Waals surface area contributed by atoms with Crippen molar-refractivity contribution in [3.63, 3.8) is 0 Å². The summed E-state index contributed by atoms with van der Waals surface area (Å²) in [6.07, 6.45) is 0. The second-order valence-corrected chi connectivity index (χ2v) is 6.23. The second kappa shape index (κ2) is 6.36. The largest absolute Gasteiger partial charge is 0.314 e. The van der Waals surface area contributed by atoms with Gasteiger partial charge >= 0.3 is 0 Å². The molecule has 20 heavy (non-hydrogen) atoms. The molecule has 2 unspecified atom stereocenters. The van der Waals surface area contributed by atoms with Crippen molar-refractivity contribution in [2.45, 2.75) is 46.6 Å². The van der Waals surface area contributed by atoms with Crippen LogP contribution >= 0.6 is 0 Å². The van der Waals surface area contributed by atoms with Gasteiger partial charge in [-0.2, -0.15) is 0 Å². The average Bonchev–Trinajstić information content (AvgIpc) is 2.43. The van der Waals surface area contributed by atoms with Gasteiger partial charge in [0, 0.05) is 17.1 Å². The molecule has 108 valence electrons. The number of nitrogens with one attached hydrogen (secondary N) is 1. The Bertz CT molecular complexity index is 575. The molecule has 2 heteroatoms. The van der Waals surface area contributed by atoms with E-state index in [-0.39, 0.29) is 0 Å². The molecule has 0 aliphatic heterocycles. The fraction of sp³-hybridized carbons (Fsp3) is 0.500. The highest BCUT2D eigenvalue weighted by Gasteiger charge is 2.15. The normalized spacial score (nSPS) is 14.7. The summed E-state index contributed by atoms with van der Waals surface area (Å²) < 4.78 is 0. The van der Waals surface area contributed by atoms with Crippen LogP contribution in [0.25, 0.3) is 10.9 Å². The number of aromatic nitrogens is 1. The Morgan fingerprint density at radius 2 is 1.80 bits per heavy atom. The predicted octanol–water partition coefficient (Wildman–Crippen LogP) is 4.28. The number of fused-ring (bicyclic) bond motifs is 1. The molecule has 1 N–H and O–H groups in total. The van der Waals surface area contributed by atoms with E-state index in [1.54, 1.807) is 0 Å². The van der Waals surface area contributed by atoms with Crippen molar-refractivity contribution in [2.24, 2.45) is 5.92 Å². The highest BCUT2D eigenvalue weighted by molar-refractivity contribution is 5.79. The highest BCUT2D eigenvalue weighted by Crippen LogP contribution is 2.26. The molecule has 0 bridgehead atoms. The number of benzene rings is 1. The first kappa shape index (κ1) is 15.0. The van der Waals surface area contributed by atoms with E-state index in [2.05, 4.69) is 68.3 Å². The van der Waals surface area contributed by atoms with Crippen molar-refractivity contribution in [3.05, 3.63) is 41.6 Å². The van der Waals surface area contributed by atoms with Crippen molar-refractivity contribution < 1.29 is 0 Å². The van der Waals surface area contributed by atoms with Gasteiger partial charge in [0.25, 0.3) is 0 Å². The molecule has 1 aromatic carbocycles. The molecule has 0 amide bonds. The number of hydrogen-bond donors (Lipinski definition) is 1. The zero-order valence-electron chi connectivity index (χ0n) is 13.3. The van der Waals surface area contributed by atoms with Crippen LogP contribution in [-0.2, 0) is 0 Å². The van der Waals surface area contributed by atoms with E-state index in [0.29, 0.717) is 17.9 Å². The van der Waals surface area contributed by atoms with Crippen LogP contribution < -0.4 is 5.32 Å². The lowest BCUT2D eigenvalue weighted by atomic mass is 9.88. The first-order valence-electron chi connectivity index (χ1n) is 7.58. The molecule has 2 nitrogen and oxygen atoms in total. The molecule has 0 fully saturated rings. The van der Waals surface area contributed by atoms with Crippen LogP contribution in [0.5, 0.6) is 0 Å². The van der Waals surface area contributed by atoms with Gasteiger partial charge in [-0.25, -0.2) is 0 Å². The zero-order chi connectivity index (χ0) is 14.7. The smallest absolute Gasteiger partial charge is 0.0705 e. The summed E-state index contributed by atoms with van der Waals surface area (Å²) in [5.41, 5.74) is 3.57. The molecule has 2 aromatic rings. The van der Waals surface area contributed by atoms with Gasteiger partial charge in [-0.15, -0.1) is 0 Å². The Balaban J connectivity index is 2.17. The van der Waals surface area contributed by atoms with Crippen LogP contribution in [0, 0.1) is 12.8 Å². The maximum absolute atomic E-state index is 4.57. The average molecular weight is 270 g/mol. The lowest BCUT2D eigenvalue weighted by molar-refractivity contribution is 0.426. The highest BCUT2D eigenvalue weighted by atomic mass is 14.9. The summed E-state index contributed by atoms with van der Waals surface area (Å²) in [6.45, 7) is 12.1. The van der Waals surface area contributed by atoms with Crippen molar-refractivity contribution >= 4 is 10.9 Å². The fourth-order valence-corrected chi connectivity index (χ4v) is 2.46. The van der Waals surface area contributed by atoms with Crippen molar-refractivity contribution in [3.8, 4) is 0 Å². The SMILES string of the molecule is Cc1ccc2cc(C(C)C(C)CNC(C)C)ccc2n1. The number of pyridine rings is 1. The third-order valence-electron chi connectivity index (χ3n) is 4.08. The molecule has 0 spiro atoms. The number of nitrogens with zero attached hydrogens (tertiary/aromatic N) is 1. The standard InChI is InChI=1S/C18H26N2/c1-12(2)19-11-13(3)15(5)16-8-9-18-17(10-16)7-6-14(4)20-18/h6-10,12-13,15,19H,11H2,1-5H3. The van der Waals surface area contributed by atoms with E-state index in [1.807, 2.05) is 6.92 Å². The summed E-state index contributed by atoms with van der Waals surface area (Å²) in [7, 11) is 0. The van der Waals surface area contributed by atoms with Gasteiger partial charge in [-0.05, 0) is 49.1 Å². The Morgan fingerprint density at radius 1 is 1.05 bits per heavy atom. The molecule has 2 rings (SSSR count). The molecule has 0 aliphatic carbocycles. The van der Waals surface area contributed by atoms with E-state index in [9.17, 15) is 0 Å². The molecule has 0 radical (unpaired) electrons. The summed E-state index contributed by atoms with van der Waals surface area (Å²) in [4.78, 5) is 4.57. The van der Waals surface area contributed by atoms with E-state index in [1.165, 1.54) is 10.9 Å². The van der Waals surface area contributed by atoms with E-state index < -0.39 is 0 Å². The predicted molar refractivity (Wildman–Crippen MR) is 87.2 cm³/mol. The Hall–Kier alpha value is -1.41. The molecule has 1 heterocycles. The van der Waals surface area contributed by atoms with E-state index in [4.69, 9.17) is 0 Å². The third kappa shape index (κ3) is 3.57. The number of aryl methyl sites for hydroxylation is 1. The van der Waals surface area contributed by atoms with Gasteiger partial charge < -0.3 is 5.32 Å². The lowest BCUT2D eigenvalue weighted by Crippen LogP contribution is -2.29. The van der Waals surface area contributed by atoms with E-state index >= 15 is 0 Å². The van der Waals surface area contributed by atoms with Crippen LogP contribution in [0.15, 0.2) is 30.3 Å². The number of rotatable bonds is 5. The molecule has 1 aromatic heterocycles. The molecule has 2 atom stereocenters. The molecule has 0 saturated heterocycles. The molecule has 0 aliphatic rings. The van der Waals surface area contributed by atoms with Crippen LogP contribution in [0.3, 0.4) is 0 Å². The van der Waals surface area contributed by atoms with E-state index in [0.717, 1.165) is 17.8 Å². The fourth-order valence-electron chi connectivity index (χ4n) is 2.46. The zero-order valence-corrected chi connectivity index (χ0v) is 13.3. The number of hydrogen-bond acceptors (Lipinski definition) is 2. The van der Waals surface area contributed by atoms with Crippen LogP contribution in [0.1, 0.15) is 44.9 Å². The third-order valence-corrected chi connectivity index (χ3v) is 4.08. The minimum atomic E-state index is 0.548. The molecule has 0 saturated carbocycles. The van der Waals surface area contributed by atoms with Gasteiger partial charge in [-0.1, -0.05) is 39.8 Å².